The van der Waals surface area contributed by atoms with Crippen LogP contribution in [-0.4, -0.2) is 23.2 Å². The lowest BCUT2D eigenvalue weighted by molar-refractivity contribution is -0.144. The first kappa shape index (κ1) is 16.5. The smallest absolute Gasteiger partial charge is 0.324 e. The van der Waals surface area contributed by atoms with Gasteiger partial charge in [-0.15, -0.1) is 12.4 Å². The highest BCUT2D eigenvalue weighted by molar-refractivity contribution is 5.85. The van der Waals surface area contributed by atoms with E-state index in [4.69, 9.17) is 0 Å². The van der Waals surface area contributed by atoms with Gasteiger partial charge < -0.3 is 10.4 Å². The topological polar surface area (TPSA) is 49.3 Å². The van der Waals surface area contributed by atoms with E-state index in [0.717, 1.165) is 24.1 Å². The van der Waals surface area contributed by atoms with Gasteiger partial charge in [-0.05, 0) is 36.1 Å². The molecule has 1 atom stereocenters. The van der Waals surface area contributed by atoms with Crippen LogP contribution in [0.5, 0.6) is 0 Å². The van der Waals surface area contributed by atoms with Gasteiger partial charge in [-0.1, -0.05) is 54.6 Å². The van der Waals surface area contributed by atoms with E-state index in [1.165, 1.54) is 5.56 Å². The molecule has 2 N–H and O–H groups in total. The second-order valence-corrected chi connectivity index (χ2v) is 5.66. The summed E-state index contributed by atoms with van der Waals surface area (Å²) in [5.41, 5.74) is 2.61. The van der Waals surface area contributed by atoms with Crippen molar-refractivity contribution in [3.8, 4) is 11.1 Å². The third-order valence-corrected chi connectivity index (χ3v) is 4.22. The van der Waals surface area contributed by atoms with Crippen LogP contribution in [0, 0.1) is 0 Å². The Morgan fingerprint density at radius 1 is 1.05 bits per heavy atom. The van der Waals surface area contributed by atoms with Crippen molar-refractivity contribution in [1.29, 1.82) is 0 Å². The Hall–Kier alpha value is -1.84. The summed E-state index contributed by atoms with van der Waals surface area (Å²) in [6.45, 7) is 0.786. The Bertz CT molecular complexity index is 619. The molecule has 1 saturated heterocycles. The molecule has 0 unspecified atom stereocenters. The molecular formula is C18H20ClNO2. The van der Waals surface area contributed by atoms with Gasteiger partial charge in [0.15, 0.2) is 0 Å². The molecule has 2 aromatic rings. The van der Waals surface area contributed by atoms with Crippen LogP contribution in [0.4, 0.5) is 0 Å². The summed E-state index contributed by atoms with van der Waals surface area (Å²) in [6.07, 6.45) is 2.16. The summed E-state index contributed by atoms with van der Waals surface area (Å²) < 4.78 is 0. The van der Waals surface area contributed by atoms with Crippen molar-refractivity contribution in [2.45, 2.75) is 24.8 Å². The molecule has 3 nitrogen and oxygen atoms in total. The fourth-order valence-electron chi connectivity index (χ4n) is 3.01. The normalized spacial score (nSPS) is 20.4. The maximum Gasteiger partial charge on any atom is 0.324 e. The average molecular weight is 318 g/mol. The Balaban J connectivity index is 0.00000176. The molecule has 0 aliphatic carbocycles. The largest absolute Gasteiger partial charge is 0.480 e. The number of aliphatic carboxylic acids is 1. The lowest BCUT2D eigenvalue weighted by Gasteiger charge is -2.24. The maximum atomic E-state index is 11.6. The monoisotopic (exact) mass is 317 g/mol. The van der Waals surface area contributed by atoms with Crippen LogP contribution in [0.3, 0.4) is 0 Å². The Morgan fingerprint density at radius 3 is 2.23 bits per heavy atom. The summed E-state index contributed by atoms with van der Waals surface area (Å²) >= 11 is 0. The minimum Gasteiger partial charge on any atom is -0.480 e. The van der Waals surface area contributed by atoms with Crippen LogP contribution in [0.2, 0.25) is 0 Å². The van der Waals surface area contributed by atoms with Crippen LogP contribution in [0.15, 0.2) is 54.6 Å². The molecule has 2 aromatic carbocycles. The van der Waals surface area contributed by atoms with Crippen molar-refractivity contribution < 1.29 is 9.90 Å². The minimum absolute atomic E-state index is 0. The Kier molecular flexibility index (Phi) is 5.22. The van der Waals surface area contributed by atoms with E-state index < -0.39 is 11.5 Å². The molecule has 4 heteroatoms. The lowest BCUT2D eigenvalue weighted by Crippen LogP contribution is -2.49. The lowest BCUT2D eigenvalue weighted by atomic mass is 9.89. The standard InChI is InChI=1S/C18H19NO2.ClH/c20-17(21)18(11-4-12-19-18)13-14-7-9-16(10-8-14)15-5-2-1-3-6-15;/h1-3,5-10,19H,4,11-13H2,(H,20,21);1H/t18-;/m1./s1. The first-order chi connectivity index (χ1) is 10.2. The van der Waals surface area contributed by atoms with Gasteiger partial charge in [0, 0.05) is 6.42 Å². The Morgan fingerprint density at radius 2 is 1.68 bits per heavy atom. The molecule has 116 valence electrons. The van der Waals surface area contributed by atoms with Crippen LogP contribution in [0.1, 0.15) is 18.4 Å². The highest BCUT2D eigenvalue weighted by Crippen LogP contribution is 2.26. The van der Waals surface area contributed by atoms with Crippen molar-refractivity contribution in [3.05, 3.63) is 60.2 Å². The second kappa shape index (κ2) is 6.95. The summed E-state index contributed by atoms with van der Waals surface area (Å²) in [7, 11) is 0. The molecule has 0 saturated carbocycles. The molecule has 1 heterocycles. The number of rotatable bonds is 4. The molecule has 0 spiro atoms. The number of hydrogen-bond acceptors (Lipinski definition) is 2. The molecule has 0 radical (unpaired) electrons. The number of halogens is 1. The van der Waals surface area contributed by atoms with Gasteiger partial charge in [0.2, 0.25) is 0 Å². The SMILES string of the molecule is Cl.O=C(O)[C@]1(Cc2ccc(-c3ccccc3)cc2)CCCN1. The van der Waals surface area contributed by atoms with E-state index in [-0.39, 0.29) is 12.4 Å². The van der Waals surface area contributed by atoms with Crippen LogP contribution in [-0.2, 0) is 11.2 Å². The van der Waals surface area contributed by atoms with Gasteiger partial charge in [-0.3, -0.25) is 4.79 Å². The van der Waals surface area contributed by atoms with Crippen LogP contribution in [0.25, 0.3) is 11.1 Å². The maximum absolute atomic E-state index is 11.6. The molecule has 1 aliphatic heterocycles. The second-order valence-electron chi connectivity index (χ2n) is 5.66. The number of hydrogen-bond donors (Lipinski definition) is 2. The summed E-state index contributed by atoms with van der Waals surface area (Å²) in [4.78, 5) is 11.6. The minimum atomic E-state index is -0.783. The molecular weight excluding hydrogens is 298 g/mol. The van der Waals surface area contributed by atoms with Crippen molar-refractivity contribution in [2.75, 3.05) is 6.54 Å². The predicted molar refractivity (Wildman–Crippen MR) is 90.4 cm³/mol. The van der Waals surface area contributed by atoms with E-state index in [2.05, 4.69) is 29.6 Å². The van der Waals surface area contributed by atoms with Gasteiger partial charge in [0.25, 0.3) is 0 Å². The third-order valence-electron chi connectivity index (χ3n) is 4.22. The number of nitrogens with one attached hydrogen (secondary N) is 1. The number of carboxylic acid groups (broad SMARTS) is 1. The third kappa shape index (κ3) is 3.32. The van der Waals surface area contributed by atoms with Gasteiger partial charge in [0.1, 0.15) is 5.54 Å². The first-order valence-electron chi connectivity index (χ1n) is 7.32. The summed E-state index contributed by atoms with van der Waals surface area (Å²) in [5.74, 6) is -0.743. The number of benzene rings is 2. The van der Waals surface area contributed by atoms with Crippen molar-refractivity contribution in [1.82, 2.24) is 5.32 Å². The van der Waals surface area contributed by atoms with Gasteiger partial charge >= 0.3 is 5.97 Å². The quantitative estimate of drug-likeness (QED) is 0.907. The zero-order valence-electron chi connectivity index (χ0n) is 12.3. The van der Waals surface area contributed by atoms with E-state index >= 15 is 0 Å². The molecule has 3 rings (SSSR count). The Labute approximate surface area is 136 Å². The van der Waals surface area contributed by atoms with Crippen LogP contribution < -0.4 is 5.32 Å². The molecule has 0 aromatic heterocycles. The number of carboxylic acids is 1. The first-order valence-corrected chi connectivity index (χ1v) is 7.32. The molecule has 0 amide bonds. The molecule has 0 bridgehead atoms. The summed E-state index contributed by atoms with van der Waals surface area (Å²) in [5, 5.41) is 12.7. The van der Waals surface area contributed by atoms with Gasteiger partial charge in [-0.25, -0.2) is 0 Å². The molecule has 1 aliphatic rings. The predicted octanol–water partition coefficient (Wildman–Crippen LogP) is 3.52. The zero-order chi connectivity index (χ0) is 14.7. The number of carbonyl (C=O) groups is 1. The van der Waals surface area contributed by atoms with E-state index in [1.54, 1.807) is 0 Å². The fourth-order valence-corrected chi connectivity index (χ4v) is 3.01. The average Bonchev–Trinajstić information content (AvgIpc) is 2.99. The van der Waals surface area contributed by atoms with E-state index in [1.807, 2.05) is 30.3 Å². The van der Waals surface area contributed by atoms with Crippen LogP contribution >= 0.6 is 12.4 Å². The van der Waals surface area contributed by atoms with E-state index in [9.17, 15) is 9.90 Å². The summed E-state index contributed by atoms with van der Waals surface area (Å²) in [6, 6.07) is 18.4. The molecule has 1 fully saturated rings. The van der Waals surface area contributed by atoms with Crippen molar-refractivity contribution in [3.63, 3.8) is 0 Å². The van der Waals surface area contributed by atoms with Gasteiger partial charge in [-0.2, -0.15) is 0 Å². The van der Waals surface area contributed by atoms with Crippen molar-refractivity contribution in [2.24, 2.45) is 0 Å². The van der Waals surface area contributed by atoms with Crippen molar-refractivity contribution >= 4 is 18.4 Å². The zero-order valence-corrected chi connectivity index (χ0v) is 13.1. The fraction of sp³-hybridized carbons (Fsp3) is 0.278. The highest BCUT2D eigenvalue weighted by atomic mass is 35.5. The van der Waals surface area contributed by atoms with E-state index in [0.29, 0.717) is 12.8 Å². The van der Waals surface area contributed by atoms with Gasteiger partial charge in [0.05, 0.1) is 0 Å². The molecule has 22 heavy (non-hydrogen) atoms. The highest BCUT2D eigenvalue weighted by Gasteiger charge is 2.40.